The third kappa shape index (κ3) is 9.45. The normalized spacial score (nSPS) is 16.2. The van der Waals surface area contributed by atoms with E-state index in [1.54, 1.807) is 0 Å². The second kappa shape index (κ2) is 15.5. The molecule has 2 aromatic carbocycles. The number of hydrazone groups is 1. The summed E-state index contributed by atoms with van der Waals surface area (Å²) in [4.78, 5) is 29.6. The Kier molecular flexibility index (Phi) is 11.5. The van der Waals surface area contributed by atoms with E-state index in [0.29, 0.717) is 25.3 Å². The molecule has 0 atom stereocenters. The van der Waals surface area contributed by atoms with Crippen LogP contribution in [-0.2, 0) is 22.5 Å². The number of piperazine rings is 1. The van der Waals surface area contributed by atoms with E-state index in [4.69, 9.17) is 4.74 Å². The number of benzene rings is 2. The maximum atomic E-state index is 12.9. The Bertz CT molecular complexity index is 1130. The molecule has 0 saturated carbocycles. The van der Waals surface area contributed by atoms with Gasteiger partial charge >= 0.3 is 5.97 Å². The number of anilines is 1. The van der Waals surface area contributed by atoms with Crippen LogP contribution in [0.1, 0.15) is 72.5 Å². The molecule has 216 valence electrons. The van der Waals surface area contributed by atoms with Crippen molar-refractivity contribution in [3.63, 3.8) is 0 Å². The first-order valence-electron chi connectivity index (χ1n) is 14.9. The van der Waals surface area contributed by atoms with E-state index in [9.17, 15) is 9.59 Å². The molecule has 0 spiro atoms. The minimum Gasteiger partial charge on any atom is -0.465 e. The number of amides is 1. The lowest BCUT2D eigenvalue weighted by atomic mass is 9.97. The van der Waals surface area contributed by atoms with Crippen LogP contribution in [0.3, 0.4) is 0 Å². The van der Waals surface area contributed by atoms with E-state index < -0.39 is 0 Å². The number of rotatable bonds is 13. The van der Waals surface area contributed by atoms with Gasteiger partial charge in [0.15, 0.2) is 0 Å². The van der Waals surface area contributed by atoms with Crippen molar-refractivity contribution in [2.45, 2.75) is 58.4 Å². The van der Waals surface area contributed by atoms with Crippen LogP contribution in [0, 0.1) is 0 Å². The van der Waals surface area contributed by atoms with Crippen LogP contribution >= 0.6 is 0 Å². The van der Waals surface area contributed by atoms with Gasteiger partial charge in [-0.2, -0.15) is 5.10 Å². The van der Waals surface area contributed by atoms with E-state index in [2.05, 4.69) is 39.2 Å². The smallest absolute Gasteiger partial charge is 0.320 e. The zero-order valence-electron chi connectivity index (χ0n) is 24.2. The molecule has 0 aromatic heterocycles. The van der Waals surface area contributed by atoms with E-state index >= 15 is 0 Å². The lowest BCUT2D eigenvalue weighted by Crippen LogP contribution is -2.41. The largest absolute Gasteiger partial charge is 0.465 e. The maximum Gasteiger partial charge on any atom is 0.320 e. The minimum absolute atomic E-state index is 0.123. The summed E-state index contributed by atoms with van der Waals surface area (Å²) in [5, 5.41) is 9.68. The number of esters is 1. The highest BCUT2D eigenvalue weighted by molar-refractivity contribution is 6.04. The summed E-state index contributed by atoms with van der Waals surface area (Å²) >= 11 is 0. The number of carbonyl (C=O) groups is 2. The van der Waals surface area contributed by atoms with Crippen LogP contribution in [0.5, 0.6) is 0 Å². The van der Waals surface area contributed by atoms with Crippen molar-refractivity contribution < 1.29 is 14.3 Å². The highest BCUT2D eigenvalue weighted by Crippen LogP contribution is 2.21. The summed E-state index contributed by atoms with van der Waals surface area (Å²) < 4.78 is 5.45. The fourth-order valence-electron chi connectivity index (χ4n) is 5.10. The van der Waals surface area contributed by atoms with Gasteiger partial charge in [0.05, 0.1) is 19.4 Å². The molecule has 4 rings (SSSR count). The Balaban J connectivity index is 1.20. The van der Waals surface area contributed by atoms with Crippen LogP contribution in [0.25, 0.3) is 0 Å². The summed E-state index contributed by atoms with van der Waals surface area (Å²) in [6, 6.07) is 13.6. The Labute approximate surface area is 239 Å². The highest BCUT2D eigenvalue weighted by atomic mass is 16.5. The Morgan fingerprint density at radius 3 is 2.45 bits per heavy atom. The first kappa shape index (κ1) is 29.7. The molecule has 0 unspecified atom stereocenters. The first-order chi connectivity index (χ1) is 19.5. The Hall–Kier alpha value is -3.23. The average molecular weight is 548 g/mol. The van der Waals surface area contributed by atoms with Crippen molar-refractivity contribution in [3.8, 4) is 0 Å². The van der Waals surface area contributed by atoms with Gasteiger partial charge in [-0.05, 0) is 60.8 Å². The van der Waals surface area contributed by atoms with Crippen molar-refractivity contribution in [1.29, 1.82) is 0 Å². The fourth-order valence-corrected chi connectivity index (χ4v) is 5.10. The van der Waals surface area contributed by atoms with Crippen LogP contribution in [0.2, 0.25) is 0 Å². The summed E-state index contributed by atoms with van der Waals surface area (Å²) in [6.07, 6.45) is 9.75. The Morgan fingerprint density at radius 1 is 0.925 bits per heavy atom. The lowest BCUT2D eigenvalue weighted by molar-refractivity contribution is -0.145. The molecule has 8 nitrogen and oxygen atoms in total. The number of carbonyl (C=O) groups excluding carboxylic acids is 2. The minimum atomic E-state index is -0.148. The van der Waals surface area contributed by atoms with E-state index in [1.165, 1.54) is 31.2 Å². The maximum absolute atomic E-state index is 12.9. The number of nitrogens with zero attached hydrogens (tertiary/aromatic N) is 4. The molecular weight excluding hydrogens is 502 g/mol. The predicted octanol–water partition coefficient (Wildman–Crippen LogP) is 4.78. The second-order valence-corrected chi connectivity index (χ2v) is 11.0. The van der Waals surface area contributed by atoms with Crippen molar-refractivity contribution in [2.75, 3.05) is 58.2 Å². The first-order valence-corrected chi connectivity index (χ1v) is 14.9. The standard InChI is InChI=1S/C32H45N5O3/c1-3-4-5-6-7-8-21-40-31(38)25-36-16-15-27-22-28(11-12-29(27)24-36)32(39)34-30-13-9-26(10-14-30)23-33-37-19-17-35(2)18-20-37/h9-14,22-23H,3-8,15-21,24-25H2,1-2H3,(H,34,39). The molecule has 0 radical (unpaired) electrons. The van der Waals surface area contributed by atoms with Crippen LogP contribution in [-0.4, -0.2) is 85.8 Å². The van der Waals surface area contributed by atoms with Gasteiger partial charge in [-0.15, -0.1) is 0 Å². The van der Waals surface area contributed by atoms with E-state index in [-0.39, 0.29) is 11.9 Å². The summed E-state index contributed by atoms with van der Waals surface area (Å²) in [5.74, 6) is -0.271. The third-order valence-corrected chi connectivity index (χ3v) is 7.69. The highest BCUT2D eigenvalue weighted by Gasteiger charge is 2.20. The molecule has 2 aromatic rings. The molecule has 1 saturated heterocycles. The summed E-state index contributed by atoms with van der Waals surface area (Å²) in [6.45, 7) is 8.44. The third-order valence-electron chi connectivity index (χ3n) is 7.69. The van der Waals surface area contributed by atoms with Gasteiger partial charge in [-0.3, -0.25) is 19.5 Å². The van der Waals surface area contributed by atoms with E-state index in [0.717, 1.165) is 68.8 Å². The SMILES string of the molecule is CCCCCCCCOC(=O)CN1CCc2cc(C(=O)Nc3ccc(C=NN4CCN(C)CC4)cc3)ccc2C1. The van der Waals surface area contributed by atoms with Gasteiger partial charge in [0, 0.05) is 50.5 Å². The number of hydrogen-bond donors (Lipinski definition) is 1. The topological polar surface area (TPSA) is 77.5 Å². The van der Waals surface area contributed by atoms with Gasteiger partial charge in [-0.1, -0.05) is 57.2 Å². The van der Waals surface area contributed by atoms with Crippen molar-refractivity contribution in [3.05, 3.63) is 64.7 Å². The quantitative estimate of drug-likeness (QED) is 0.221. The summed E-state index contributed by atoms with van der Waals surface area (Å²) in [5.41, 5.74) is 4.73. The van der Waals surface area contributed by atoms with Gasteiger partial charge in [0.25, 0.3) is 5.91 Å². The van der Waals surface area contributed by atoms with Crippen LogP contribution in [0.15, 0.2) is 47.6 Å². The molecule has 1 amide bonds. The molecule has 40 heavy (non-hydrogen) atoms. The molecule has 0 aliphatic carbocycles. The fraction of sp³-hybridized carbons (Fsp3) is 0.531. The number of ether oxygens (including phenoxy) is 1. The Morgan fingerprint density at radius 2 is 1.68 bits per heavy atom. The predicted molar refractivity (Wildman–Crippen MR) is 161 cm³/mol. The molecule has 1 fully saturated rings. The monoisotopic (exact) mass is 547 g/mol. The van der Waals surface area contributed by atoms with Crippen molar-refractivity contribution >= 4 is 23.8 Å². The molecule has 1 N–H and O–H groups in total. The number of fused-ring (bicyclic) bond motifs is 1. The van der Waals surface area contributed by atoms with Gasteiger partial charge in [0.1, 0.15) is 0 Å². The van der Waals surface area contributed by atoms with E-state index in [1.807, 2.05) is 48.7 Å². The zero-order chi connectivity index (χ0) is 28.2. The second-order valence-electron chi connectivity index (χ2n) is 11.0. The van der Waals surface area contributed by atoms with Gasteiger partial charge in [0.2, 0.25) is 0 Å². The van der Waals surface area contributed by atoms with Gasteiger partial charge < -0.3 is 15.0 Å². The van der Waals surface area contributed by atoms with Crippen molar-refractivity contribution in [1.82, 2.24) is 14.8 Å². The van der Waals surface area contributed by atoms with Crippen LogP contribution < -0.4 is 5.32 Å². The summed E-state index contributed by atoms with van der Waals surface area (Å²) in [7, 11) is 2.13. The molecule has 8 heteroatoms. The number of likely N-dealkylation sites (N-methyl/N-ethyl adjacent to an activating group) is 1. The number of unbranched alkanes of at least 4 members (excludes halogenated alkanes) is 5. The average Bonchev–Trinajstić information content (AvgIpc) is 2.97. The molecule has 2 aliphatic heterocycles. The van der Waals surface area contributed by atoms with Crippen molar-refractivity contribution in [2.24, 2.45) is 5.10 Å². The zero-order valence-corrected chi connectivity index (χ0v) is 24.2. The van der Waals surface area contributed by atoms with Crippen LogP contribution in [0.4, 0.5) is 5.69 Å². The molecule has 2 heterocycles. The van der Waals surface area contributed by atoms with Gasteiger partial charge in [-0.25, -0.2) is 0 Å². The lowest BCUT2D eigenvalue weighted by Gasteiger charge is -2.30. The molecule has 0 bridgehead atoms. The number of nitrogens with one attached hydrogen (secondary N) is 1. The molecular formula is C32H45N5O3. The molecule has 2 aliphatic rings. The number of hydrogen-bond acceptors (Lipinski definition) is 7.